The highest BCUT2D eigenvalue weighted by molar-refractivity contribution is 5.87. The van der Waals surface area contributed by atoms with Crippen LogP contribution in [-0.2, 0) is 0 Å². The second kappa shape index (κ2) is 6.44. The van der Waals surface area contributed by atoms with Gasteiger partial charge in [-0.3, -0.25) is 0 Å². The van der Waals surface area contributed by atoms with Crippen molar-refractivity contribution in [2.45, 2.75) is 76.0 Å². The van der Waals surface area contributed by atoms with Crippen LogP contribution in [0.25, 0.3) is 10.8 Å². The number of rotatable bonds is 2. The van der Waals surface area contributed by atoms with Crippen LogP contribution in [0.2, 0.25) is 0 Å². The van der Waals surface area contributed by atoms with E-state index in [1.165, 1.54) is 75.0 Å². The minimum atomic E-state index is 0.804. The molecule has 0 N–H and O–H groups in total. The summed E-state index contributed by atoms with van der Waals surface area (Å²) >= 11 is 0. The van der Waals surface area contributed by atoms with Crippen LogP contribution in [0.5, 0.6) is 0 Å². The average Bonchev–Trinajstić information content (AvgIpc) is 2.62. The number of benzene rings is 2. The highest BCUT2D eigenvalue weighted by atomic mass is 14.2. The van der Waals surface area contributed by atoms with Crippen LogP contribution < -0.4 is 0 Å². The van der Waals surface area contributed by atoms with E-state index in [1.807, 2.05) is 0 Å². The summed E-state index contributed by atoms with van der Waals surface area (Å²) in [4.78, 5) is 0. The van der Waals surface area contributed by atoms with Gasteiger partial charge >= 0.3 is 0 Å². The fraction of sp³-hybridized carbons (Fsp3) is 0.545. The van der Waals surface area contributed by atoms with Crippen LogP contribution >= 0.6 is 0 Å². The molecule has 2 aliphatic rings. The first-order valence-corrected chi connectivity index (χ1v) is 9.44. The Labute approximate surface area is 134 Å². The van der Waals surface area contributed by atoms with E-state index in [1.54, 1.807) is 11.1 Å². The Balaban J connectivity index is 1.68. The minimum Gasteiger partial charge on any atom is -0.0613 e. The summed E-state index contributed by atoms with van der Waals surface area (Å²) in [6.45, 7) is 0. The summed E-state index contributed by atoms with van der Waals surface area (Å²) < 4.78 is 0. The van der Waals surface area contributed by atoms with Gasteiger partial charge in [-0.1, -0.05) is 74.9 Å². The first-order chi connectivity index (χ1) is 10.9. The molecule has 2 saturated carbocycles. The van der Waals surface area contributed by atoms with E-state index in [2.05, 4.69) is 36.4 Å². The lowest BCUT2D eigenvalue weighted by Crippen LogP contribution is -2.06. The number of fused-ring (bicyclic) bond motifs is 1. The number of hydrogen-bond donors (Lipinski definition) is 0. The molecule has 0 spiro atoms. The Hall–Kier alpha value is -1.30. The van der Waals surface area contributed by atoms with Gasteiger partial charge < -0.3 is 0 Å². The largest absolute Gasteiger partial charge is 0.0613 e. The molecule has 0 heterocycles. The molecule has 0 unspecified atom stereocenters. The van der Waals surface area contributed by atoms with Crippen LogP contribution in [0, 0.1) is 0 Å². The zero-order valence-electron chi connectivity index (χ0n) is 13.7. The van der Waals surface area contributed by atoms with E-state index in [0.717, 1.165) is 11.8 Å². The maximum Gasteiger partial charge on any atom is -0.0149 e. The smallest absolute Gasteiger partial charge is 0.0149 e. The minimum absolute atomic E-state index is 0.804. The van der Waals surface area contributed by atoms with Crippen molar-refractivity contribution in [3.8, 4) is 0 Å². The fourth-order valence-corrected chi connectivity index (χ4v) is 4.79. The van der Waals surface area contributed by atoms with Gasteiger partial charge in [0.15, 0.2) is 0 Å². The topological polar surface area (TPSA) is 0 Å². The van der Waals surface area contributed by atoms with E-state index in [0.29, 0.717) is 0 Å². The average molecular weight is 292 g/mol. The molecule has 0 amide bonds. The van der Waals surface area contributed by atoms with E-state index in [4.69, 9.17) is 0 Å². The van der Waals surface area contributed by atoms with Gasteiger partial charge in [0, 0.05) is 0 Å². The molecule has 0 nitrogen and oxygen atoms in total. The molecule has 0 bridgehead atoms. The van der Waals surface area contributed by atoms with Crippen molar-refractivity contribution in [1.82, 2.24) is 0 Å². The van der Waals surface area contributed by atoms with E-state index in [9.17, 15) is 0 Å². The standard InChI is InChI=1S/C22H28/c1-3-8-17(9-4-1)19-14-15-22-20(16-19)12-7-13-21(22)18-10-5-2-6-11-18/h7,12-18H,1-6,8-11H2. The molecule has 0 radical (unpaired) electrons. The summed E-state index contributed by atoms with van der Waals surface area (Å²) in [5.74, 6) is 1.62. The molecule has 0 atom stereocenters. The van der Waals surface area contributed by atoms with Crippen molar-refractivity contribution in [2.24, 2.45) is 0 Å². The summed E-state index contributed by atoms with van der Waals surface area (Å²) in [7, 11) is 0. The number of hydrogen-bond acceptors (Lipinski definition) is 0. The lowest BCUT2D eigenvalue weighted by atomic mass is 9.80. The third-order valence-corrected chi connectivity index (χ3v) is 6.06. The third kappa shape index (κ3) is 2.81. The molecule has 0 aromatic heterocycles. The van der Waals surface area contributed by atoms with Gasteiger partial charge in [-0.15, -0.1) is 0 Å². The molecule has 2 fully saturated rings. The predicted molar refractivity (Wildman–Crippen MR) is 95.6 cm³/mol. The monoisotopic (exact) mass is 292 g/mol. The van der Waals surface area contributed by atoms with Crippen LogP contribution in [0.15, 0.2) is 36.4 Å². The van der Waals surface area contributed by atoms with Gasteiger partial charge in [0.2, 0.25) is 0 Å². The molecule has 2 aliphatic carbocycles. The van der Waals surface area contributed by atoms with E-state index in [-0.39, 0.29) is 0 Å². The Morgan fingerprint density at radius 2 is 1.32 bits per heavy atom. The lowest BCUT2D eigenvalue weighted by molar-refractivity contribution is 0.443. The van der Waals surface area contributed by atoms with Crippen molar-refractivity contribution < 1.29 is 0 Å². The molecular formula is C22H28. The van der Waals surface area contributed by atoms with Crippen molar-refractivity contribution in [3.05, 3.63) is 47.5 Å². The molecule has 0 saturated heterocycles. The molecule has 116 valence electrons. The van der Waals surface area contributed by atoms with Gasteiger partial charge in [0.1, 0.15) is 0 Å². The van der Waals surface area contributed by atoms with E-state index < -0.39 is 0 Å². The Kier molecular flexibility index (Phi) is 4.19. The highest BCUT2D eigenvalue weighted by Crippen LogP contribution is 2.38. The first-order valence-electron chi connectivity index (χ1n) is 9.44. The van der Waals surface area contributed by atoms with Crippen molar-refractivity contribution in [2.75, 3.05) is 0 Å². The maximum absolute atomic E-state index is 2.50. The van der Waals surface area contributed by atoms with Crippen LogP contribution in [0.1, 0.15) is 87.2 Å². The molecule has 4 rings (SSSR count). The van der Waals surface area contributed by atoms with Crippen LogP contribution in [0.4, 0.5) is 0 Å². The Morgan fingerprint density at radius 3 is 2.05 bits per heavy atom. The highest BCUT2D eigenvalue weighted by Gasteiger charge is 2.19. The fourth-order valence-electron chi connectivity index (χ4n) is 4.79. The normalized spacial score (nSPS) is 21.3. The van der Waals surface area contributed by atoms with Gasteiger partial charge in [-0.2, -0.15) is 0 Å². The van der Waals surface area contributed by atoms with Gasteiger partial charge in [-0.25, -0.2) is 0 Å². The summed E-state index contributed by atoms with van der Waals surface area (Å²) in [5, 5.41) is 3.00. The lowest BCUT2D eigenvalue weighted by Gasteiger charge is -2.25. The quantitative estimate of drug-likeness (QED) is 0.562. The van der Waals surface area contributed by atoms with Gasteiger partial charge in [0.05, 0.1) is 0 Å². The zero-order valence-corrected chi connectivity index (χ0v) is 13.7. The predicted octanol–water partition coefficient (Wildman–Crippen LogP) is 6.94. The zero-order chi connectivity index (χ0) is 14.8. The molecule has 0 aliphatic heterocycles. The van der Waals surface area contributed by atoms with E-state index >= 15 is 0 Å². The van der Waals surface area contributed by atoms with Gasteiger partial charge in [-0.05, 0) is 59.4 Å². The molecular weight excluding hydrogens is 264 g/mol. The second-order valence-electron chi connectivity index (χ2n) is 7.50. The van der Waals surface area contributed by atoms with Crippen LogP contribution in [-0.4, -0.2) is 0 Å². The van der Waals surface area contributed by atoms with Crippen molar-refractivity contribution >= 4 is 10.8 Å². The summed E-state index contributed by atoms with van der Waals surface area (Å²) in [6, 6.07) is 14.4. The summed E-state index contributed by atoms with van der Waals surface area (Å²) in [5.41, 5.74) is 3.21. The Morgan fingerprint density at radius 1 is 0.636 bits per heavy atom. The van der Waals surface area contributed by atoms with Gasteiger partial charge in [0.25, 0.3) is 0 Å². The molecule has 2 aromatic rings. The molecule has 2 aromatic carbocycles. The maximum atomic E-state index is 2.50. The third-order valence-electron chi connectivity index (χ3n) is 6.06. The summed E-state index contributed by atoms with van der Waals surface area (Å²) in [6.07, 6.45) is 14.1. The second-order valence-corrected chi connectivity index (χ2v) is 7.50. The first kappa shape index (κ1) is 14.3. The van der Waals surface area contributed by atoms with Crippen LogP contribution in [0.3, 0.4) is 0 Å². The van der Waals surface area contributed by atoms with Crippen molar-refractivity contribution in [1.29, 1.82) is 0 Å². The van der Waals surface area contributed by atoms with Crippen molar-refractivity contribution in [3.63, 3.8) is 0 Å². The SMILES string of the molecule is c1cc(C2CCCCC2)c2ccc(C3CCCCC3)cc2c1. The molecule has 0 heteroatoms. The molecule has 22 heavy (non-hydrogen) atoms. The Bertz CT molecular complexity index is 628.